The van der Waals surface area contributed by atoms with E-state index in [4.69, 9.17) is 4.74 Å². The molecule has 1 aliphatic rings. The summed E-state index contributed by atoms with van der Waals surface area (Å²) in [6.45, 7) is 2.76. The molecule has 0 fully saturated rings. The smallest absolute Gasteiger partial charge is 0.122 e. The van der Waals surface area contributed by atoms with Gasteiger partial charge in [-0.25, -0.2) is 0 Å². The van der Waals surface area contributed by atoms with Gasteiger partial charge in [0.25, 0.3) is 0 Å². The third-order valence-corrected chi connectivity index (χ3v) is 2.85. The molecule has 2 rings (SSSR count). The second-order valence-corrected chi connectivity index (χ2v) is 4.42. The zero-order valence-corrected chi connectivity index (χ0v) is 10.1. The van der Waals surface area contributed by atoms with E-state index in [1.807, 2.05) is 7.05 Å². The highest BCUT2D eigenvalue weighted by Gasteiger charge is 2.10. The molecule has 0 saturated carbocycles. The van der Waals surface area contributed by atoms with Crippen molar-refractivity contribution in [2.75, 3.05) is 27.4 Å². The molecule has 0 radical (unpaired) electrons. The predicted molar refractivity (Wildman–Crippen MR) is 65.7 cm³/mol. The summed E-state index contributed by atoms with van der Waals surface area (Å²) >= 11 is 0. The molecule has 1 heterocycles. The van der Waals surface area contributed by atoms with Gasteiger partial charge in [0.2, 0.25) is 0 Å². The summed E-state index contributed by atoms with van der Waals surface area (Å²) in [5, 5.41) is 3.15. The van der Waals surface area contributed by atoms with E-state index < -0.39 is 0 Å². The van der Waals surface area contributed by atoms with Gasteiger partial charge in [-0.05, 0) is 44.1 Å². The van der Waals surface area contributed by atoms with Crippen molar-refractivity contribution < 1.29 is 4.74 Å². The Bertz CT molecular complexity index is 352. The maximum absolute atomic E-state index is 5.60. The van der Waals surface area contributed by atoms with Crippen LogP contribution in [-0.4, -0.2) is 32.3 Å². The molecule has 0 aromatic heterocycles. The van der Waals surface area contributed by atoms with Gasteiger partial charge in [0, 0.05) is 13.2 Å². The molecule has 1 N–H and O–H groups in total. The Hall–Kier alpha value is -1.06. The lowest BCUT2D eigenvalue weighted by Gasteiger charge is -2.20. The van der Waals surface area contributed by atoms with Crippen molar-refractivity contribution in [1.29, 1.82) is 0 Å². The van der Waals surface area contributed by atoms with Gasteiger partial charge in [-0.3, -0.25) is 4.90 Å². The van der Waals surface area contributed by atoms with Gasteiger partial charge in [-0.15, -0.1) is 0 Å². The summed E-state index contributed by atoms with van der Waals surface area (Å²) < 4.78 is 5.60. The molecule has 0 unspecified atom stereocenters. The fourth-order valence-electron chi connectivity index (χ4n) is 2.15. The van der Waals surface area contributed by atoms with Crippen molar-refractivity contribution in [2.24, 2.45) is 0 Å². The second kappa shape index (κ2) is 5.32. The van der Waals surface area contributed by atoms with Gasteiger partial charge in [0.15, 0.2) is 0 Å². The lowest BCUT2D eigenvalue weighted by Crippen LogP contribution is -2.28. The van der Waals surface area contributed by atoms with Crippen LogP contribution in [0, 0.1) is 0 Å². The highest BCUT2D eigenvalue weighted by Crippen LogP contribution is 2.25. The maximum atomic E-state index is 5.60. The van der Waals surface area contributed by atoms with E-state index in [2.05, 4.69) is 35.5 Å². The number of nitrogens with one attached hydrogen (secondary N) is 1. The first kappa shape index (κ1) is 11.4. The van der Waals surface area contributed by atoms with Gasteiger partial charge < -0.3 is 10.1 Å². The topological polar surface area (TPSA) is 24.5 Å². The Morgan fingerprint density at radius 3 is 3.12 bits per heavy atom. The molecular formula is C13H20N2O. The van der Waals surface area contributed by atoms with Crippen LogP contribution < -0.4 is 10.1 Å². The number of benzene rings is 1. The summed E-state index contributed by atoms with van der Waals surface area (Å²) in [5.74, 6) is 1.08. The van der Waals surface area contributed by atoms with Crippen molar-refractivity contribution in [1.82, 2.24) is 10.2 Å². The molecule has 88 valence electrons. The highest BCUT2D eigenvalue weighted by atomic mass is 16.5. The fraction of sp³-hybridized carbons (Fsp3) is 0.538. The Morgan fingerprint density at radius 2 is 2.31 bits per heavy atom. The molecule has 0 saturated heterocycles. The van der Waals surface area contributed by atoms with Crippen LogP contribution in [0.15, 0.2) is 18.2 Å². The van der Waals surface area contributed by atoms with Crippen LogP contribution in [0.2, 0.25) is 0 Å². The van der Waals surface area contributed by atoms with Gasteiger partial charge >= 0.3 is 0 Å². The van der Waals surface area contributed by atoms with E-state index >= 15 is 0 Å². The monoisotopic (exact) mass is 220 g/mol. The highest BCUT2D eigenvalue weighted by molar-refractivity contribution is 5.38. The average molecular weight is 220 g/mol. The molecule has 0 aliphatic carbocycles. The van der Waals surface area contributed by atoms with E-state index in [0.717, 1.165) is 38.4 Å². The summed E-state index contributed by atoms with van der Waals surface area (Å²) in [5.41, 5.74) is 2.73. The van der Waals surface area contributed by atoms with Crippen LogP contribution in [-0.2, 0) is 13.0 Å². The maximum Gasteiger partial charge on any atom is 0.122 e. The first-order valence-electron chi connectivity index (χ1n) is 5.87. The van der Waals surface area contributed by atoms with E-state index in [1.165, 1.54) is 11.1 Å². The Morgan fingerprint density at radius 1 is 1.44 bits per heavy atom. The van der Waals surface area contributed by atoms with Gasteiger partial charge in [-0.2, -0.15) is 0 Å². The molecular weight excluding hydrogens is 200 g/mol. The summed E-state index contributed by atoms with van der Waals surface area (Å²) in [4.78, 5) is 2.26. The molecule has 0 bridgehead atoms. The van der Waals surface area contributed by atoms with Crippen molar-refractivity contribution in [3.05, 3.63) is 29.3 Å². The summed E-state index contributed by atoms with van der Waals surface area (Å²) in [6, 6.07) is 6.55. The van der Waals surface area contributed by atoms with Gasteiger partial charge in [-0.1, -0.05) is 12.1 Å². The third-order valence-electron chi connectivity index (χ3n) is 2.85. The summed E-state index contributed by atoms with van der Waals surface area (Å²) in [7, 11) is 4.09. The zero-order chi connectivity index (χ0) is 11.4. The minimum Gasteiger partial charge on any atom is -0.493 e. The lowest BCUT2D eigenvalue weighted by molar-refractivity contribution is 0.286. The van der Waals surface area contributed by atoms with E-state index in [9.17, 15) is 0 Å². The quantitative estimate of drug-likeness (QED) is 0.780. The number of rotatable bonds is 4. The molecule has 16 heavy (non-hydrogen) atoms. The molecule has 1 aromatic carbocycles. The molecule has 1 aromatic rings. The van der Waals surface area contributed by atoms with Crippen LogP contribution in [0.1, 0.15) is 17.5 Å². The number of ether oxygens (including phenoxy) is 1. The number of aryl methyl sites for hydroxylation is 1. The Kier molecular flexibility index (Phi) is 3.80. The van der Waals surface area contributed by atoms with Crippen molar-refractivity contribution in [3.63, 3.8) is 0 Å². The third kappa shape index (κ3) is 2.74. The first-order chi connectivity index (χ1) is 7.79. The molecule has 3 heteroatoms. The number of nitrogens with zero attached hydrogens (tertiary/aromatic N) is 1. The van der Waals surface area contributed by atoms with Crippen LogP contribution in [0.5, 0.6) is 5.75 Å². The van der Waals surface area contributed by atoms with Crippen LogP contribution >= 0.6 is 0 Å². The lowest BCUT2D eigenvalue weighted by atomic mass is 10.0. The largest absolute Gasteiger partial charge is 0.493 e. The van der Waals surface area contributed by atoms with Gasteiger partial charge in [0.05, 0.1) is 6.61 Å². The SMILES string of the molecule is CNCN(C)Cc1ccc2c(c1)CCCO2. The molecule has 0 atom stereocenters. The molecule has 3 nitrogen and oxygen atoms in total. The first-order valence-corrected chi connectivity index (χ1v) is 5.87. The fourth-order valence-corrected chi connectivity index (χ4v) is 2.15. The Balaban J connectivity index is 2.05. The van der Waals surface area contributed by atoms with E-state index in [1.54, 1.807) is 0 Å². The standard InChI is InChI=1S/C13H20N2O/c1-14-10-15(2)9-11-5-6-13-12(8-11)4-3-7-16-13/h5-6,8,14H,3-4,7,9-10H2,1-2H3. The minimum atomic E-state index is 0.867. The normalized spacial score (nSPS) is 14.7. The zero-order valence-electron chi connectivity index (χ0n) is 10.1. The van der Waals surface area contributed by atoms with Crippen molar-refractivity contribution >= 4 is 0 Å². The predicted octanol–water partition coefficient (Wildman–Crippen LogP) is 1.62. The molecule has 0 spiro atoms. The summed E-state index contributed by atoms with van der Waals surface area (Å²) in [6.07, 6.45) is 2.29. The van der Waals surface area contributed by atoms with E-state index in [0.29, 0.717) is 0 Å². The van der Waals surface area contributed by atoms with Gasteiger partial charge in [0.1, 0.15) is 5.75 Å². The Labute approximate surface area is 97.4 Å². The van der Waals surface area contributed by atoms with Crippen molar-refractivity contribution in [3.8, 4) is 5.75 Å². The van der Waals surface area contributed by atoms with Crippen LogP contribution in [0.4, 0.5) is 0 Å². The van der Waals surface area contributed by atoms with Crippen LogP contribution in [0.3, 0.4) is 0 Å². The van der Waals surface area contributed by atoms with E-state index in [-0.39, 0.29) is 0 Å². The van der Waals surface area contributed by atoms with Crippen LogP contribution in [0.25, 0.3) is 0 Å². The number of fused-ring (bicyclic) bond motifs is 1. The average Bonchev–Trinajstić information content (AvgIpc) is 2.29. The second-order valence-electron chi connectivity index (χ2n) is 4.42. The number of hydrogen-bond donors (Lipinski definition) is 1. The minimum absolute atomic E-state index is 0.867. The van der Waals surface area contributed by atoms with Crippen molar-refractivity contribution in [2.45, 2.75) is 19.4 Å². The molecule has 1 aliphatic heterocycles. The molecule has 0 amide bonds. The number of hydrogen-bond acceptors (Lipinski definition) is 3.